The monoisotopic (exact) mass is 450 g/mol. The summed E-state index contributed by atoms with van der Waals surface area (Å²) in [5.74, 6) is 1.93. The number of nitrogens with zero attached hydrogens (tertiary/aromatic N) is 3. The fourth-order valence-electron chi connectivity index (χ4n) is 4.61. The van der Waals surface area contributed by atoms with Gasteiger partial charge < -0.3 is 19.3 Å². The summed E-state index contributed by atoms with van der Waals surface area (Å²) >= 11 is 0. The summed E-state index contributed by atoms with van der Waals surface area (Å²) in [4.78, 5) is 22.0. The second kappa shape index (κ2) is 8.36. The Kier molecular flexibility index (Phi) is 5.85. The van der Waals surface area contributed by atoms with Crippen molar-refractivity contribution < 1.29 is 14.3 Å². The van der Waals surface area contributed by atoms with Gasteiger partial charge >= 0.3 is 0 Å². The van der Waals surface area contributed by atoms with E-state index in [-0.39, 0.29) is 17.7 Å². The Morgan fingerprint density at radius 1 is 1.27 bits per heavy atom. The standard InChI is InChI=1S/C26H34N4O3/c1-8-32-23-15(2)18-13-30(25(27)22(18)28-16(23)3)14-21(31)17-11-19(26(4,5)6)24-20(12-17)29(7)9-10-33-24/h11-12,27H,8-10,13-14H2,1-7H3. The lowest BCUT2D eigenvalue weighted by molar-refractivity contribution is 0.0962. The molecule has 0 radical (unpaired) electrons. The number of ether oxygens (including phenoxy) is 2. The second-order valence-electron chi connectivity index (χ2n) is 9.93. The van der Waals surface area contributed by atoms with Crippen molar-refractivity contribution in [3.05, 3.63) is 45.8 Å². The van der Waals surface area contributed by atoms with Gasteiger partial charge in [0.25, 0.3) is 0 Å². The van der Waals surface area contributed by atoms with E-state index in [9.17, 15) is 4.79 Å². The summed E-state index contributed by atoms with van der Waals surface area (Å²) in [7, 11) is 2.03. The van der Waals surface area contributed by atoms with Crippen molar-refractivity contribution in [1.29, 1.82) is 5.41 Å². The molecule has 0 atom stereocenters. The van der Waals surface area contributed by atoms with Crippen LogP contribution in [-0.2, 0) is 12.0 Å². The summed E-state index contributed by atoms with van der Waals surface area (Å²) in [6.45, 7) is 14.9. The van der Waals surface area contributed by atoms with Crippen LogP contribution in [0.15, 0.2) is 12.1 Å². The lowest BCUT2D eigenvalue weighted by Gasteiger charge is -2.33. The smallest absolute Gasteiger partial charge is 0.182 e. The molecule has 7 nitrogen and oxygen atoms in total. The van der Waals surface area contributed by atoms with Crippen LogP contribution in [0.4, 0.5) is 5.69 Å². The lowest BCUT2D eigenvalue weighted by Crippen LogP contribution is -2.33. The fourth-order valence-corrected chi connectivity index (χ4v) is 4.61. The summed E-state index contributed by atoms with van der Waals surface area (Å²) in [5.41, 5.74) is 5.86. The topological polar surface area (TPSA) is 78.8 Å². The number of anilines is 1. The largest absolute Gasteiger partial charge is 0.492 e. The van der Waals surface area contributed by atoms with Gasteiger partial charge in [-0.3, -0.25) is 10.2 Å². The molecule has 7 heteroatoms. The Hall–Kier alpha value is -3.09. The van der Waals surface area contributed by atoms with Gasteiger partial charge in [0, 0.05) is 35.8 Å². The Labute approximate surface area is 196 Å². The zero-order valence-electron chi connectivity index (χ0n) is 20.8. The molecule has 0 bridgehead atoms. The van der Waals surface area contributed by atoms with Crippen molar-refractivity contribution in [2.75, 3.05) is 38.3 Å². The number of aryl methyl sites for hydroxylation is 1. The zero-order chi connectivity index (χ0) is 24.1. The number of carbonyl (C=O) groups excluding carboxylic acids is 1. The highest BCUT2D eigenvalue weighted by molar-refractivity contribution is 6.05. The molecule has 0 unspecified atom stereocenters. The second-order valence-corrected chi connectivity index (χ2v) is 9.93. The van der Waals surface area contributed by atoms with E-state index in [1.54, 1.807) is 4.90 Å². The summed E-state index contributed by atoms with van der Waals surface area (Å²) in [6.07, 6.45) is 0. The van der Waals surface area contributed by atoms with Gasteiger partial charge in [0.05, 0.1) is 31.1 Å². The van der Waals surface area contributed by atoms with E-state index in [4.69, 9.17) is 14.9 Å². The number of amidine groups is 1. The van der Waals surface area contributed by atoms with Crippen LogP contribution in [0.2, 0.25) is 0 Å². The van der Waals surface area contributed by atoms with Crippen LogP contribution in [-0.4, -0.2) is 54.9 Å². The van der Waals surface area contributed by atoms with Crippen LogP contribution in [0.3, 0.4) is 0 Å². The van der Waals surface area contributed by atoms with Crippen LogP contribution in [0.25, 0.3) is 0 Å². The van der Waals surface area contributed by atoms with Crippen molar-refractivity contribution in [2.24, 2.45) is 0 Å². The van der Waals surface area contributed by atoms with Crippen LogP contribution in [0.1, 0.15) is 66.1 Å². The van der Waals surface area contributed by atoms with Gasteiger partial charge in [-0.1, -0.05) is 20.8 Å². The average Bonchev–Trinajstić information content (AvgIpc) is 3.05. The van der Waals surface area contributed by atoms with Gasteiger partial charge in [0.1, 0.15) is 29.6 Å². The minimum absolute atomic E-state index is 0.0146. The molecule has 0 amide bonds. The number of Topliss-reactive ketones (excluding diaryl/α,β-unsaturated/α-hetero) is 1. The third kappa shape index (κ3) is 4.05. The summed E-state index contributed by atoms with van der Waals surface area (Å²) in [5, 5.41) is 8.68. The minimum atomic E-state index is -0.163. The number of nitrogens with one attached hydrogen (secondary N) is 1. The van der Waals surface area contributed by atoms with E-state index in [1.165, 1.54) is 0 Å². The fraction of sp³-hybridized carbons (Fsp3) is 0.500. The first kappa shape index (κ1) is 23.1. The van der Waals surface area contributed by atoms with Gasteiger partial charge in [-0.05, 0) is 38.3 Å². The zero-order valence-corrected chi connectivity index (χ0v) is 20.8. The Morgan fingerprint density at radius 2 is 2.00 bits per heavy atom. The molecule has 1 aromatic heterocycles. The molecular weight excluding hydrogens is 416 g/mol. The van der Waals surface area contributed by atoms with Gasteiger partial charge in [-0.15, -0.1) is 0 Å². The summed E-state index contributed by atoms with van der Waals surface area (Å²) in [6, 6.07) is 3.90. The first-order valence-corrected chi connectivity index (χ1v) is 11.5. The molecule has 0 saturated heterocycles. The quantitative estimate of drug-likeness (QED) is 0.686. The SMILES string of the molecule is CCOc1c(C)nc2c(c1C)CN(CC(=O)c1cc3c(c(C(C)(C)C)c1)OCCN3C)C2=N. The van der Waals surface area contributed by atoms with E-state index >= 15 is 0 Å². The van der Waals surface area contributed by atoms with Gasteiger partial charge in [0.15, 0.2) is 5.78 Å². The maximum atomic E-state index is 13.4. The third-order valence-corrected chi connectivity index (χ3v) is 6.48. The molecule has 1 N–H and O–H groups in total. The highest BCUT2D eigenvalue weighted by Gasteiger charge is 2.32. The Balaban J connectivity index is 1.64. The predicted octanol–water partition coefficient (Wildman–Crippen LogP) is 4.25. The number of pyridine rings is 1. The highest BCUT2D eigenvalue weighted by Crippen LogP contribution is 2.42. The third-order valence-electron chi connectivity index (χ3n) is 6.48. The van der Waals surface area contributed by atoms with Crippen LogP contribution < -0.4 is 14.4 Å². The number of ketones is 1. The van der Waals surface area contributed by atoms with Gasteiger partial charge in [-0.2, -0.15) is 0 Å². The number of hydrogen-bond acceptors (Lipinski definition) is 6. The van der Waals surface area contributed by atoms with E-state index in [2.05, 4.69) is 30.7 Å². The van der Waals surface area contributed by atoms with Gasteiger partial charge in [-0.25, -0.2) is 4.98 Å². The van der Waals surface area contributed by atoms with Crippen molar-refractivity contribution >= 4 is 17.3 Å². The summed E-state index contributed by atoms with van der Waals surface area (Å²) < 4.78 is 11.8. The lowest BCUT2D eigenvalue weighted by atomic mass is 9.84. The van der Waals surface area contributed by atoms with Crippen LogP contribution >= 0.6 is 0 Å². The van der Waals surface area contributed by atoms with E-state index in [1.807, 2.05) is 40.0 Å². The number of carbonyl (C=O) groups is 1. The molecule has 2 aliphatic heterocycles. The number of likely N-dealkylation sites (N-methyl/N-ethyl adjacent to an activating group) is 1. The van der Waals surface area contributed by atoms with Crippen molar-refractivity contribution in [1.82, 2.24) is 9.88 Å². The molecule has 33 heavy (non-hydrogen) atoms. The Bertz CT molecular complexity index is 1130. The highest BCUT2D eigenvalue weighted by atomic mass is 16.5. The van der Waals surface area contributed by atoms with E-state index in [0.29, 0.717) is 36.9 Å². The normalized spacial score (nSPS) is 15.3. The molecule has 0 fully saturated rings. The maximum absolute atomic E-state index is 13.4. The molecule has 0 aliphatic carbocycles. The first-order chi connectivity index (χ1) is 15.5. The average molecular weight is 451 g/mol. The number of fused-ring (bicyclic) bond motifs is 2. The Morgan fingerprint density at radius 3 is 2.67 bits per heavy atom. The van der Waals surface area contributed by atoms with Crippen LogP contribution in [0, 0.1) is 19.3 Å². The molecule has 176 valence electrons. The molecule has 2 aliphatic rings. The maximum Gasteiger partial charge on any atom is 0.182 e. The van der Waals surface area contributed by atoms with Crippen molar-refractivity contribution in [3.63, 3.8) is 0 Å². The minimum Gasteiger partial charge on any atom is -0.492 e. The molecule has 4 rings (SSSR count). The van der Waals surface area contributed by atoms with Crippen molar-refractivity contribution in [3.8, 4) is 11.5 Å². The number of hydrogen-bond donors (Lipinski definition) is 1. The molecule has 2 aromatic rings. The molecular formula is C26H34N4O3. The predicted molar refractivity (Wildman–Crippen MR) is 130 cm³/mol. The number of rotatable bonds is 5. The number of aromatic nitrogens is 1. The molecule has 3 heterocycles. The number of benzene rings is 1. The van der Waals surface area contributed by atoms with Crippen LogP contribution in [0.5, 0.6) is 11.5 Å². The first-order valence-electron chi connectivity index (χ1n) is 11.5. The van der Waals surface area contributed by atoms with E-state index < -0.39 is 0 Å². The van der Waals surface area contributed by atoms with Crippen molar-refractivity contribution in [2.45, 2.75) is 53.5 Å². The molecule has 0 saturated carbocycles. The van der Waals surface area contributed by atoms with Gasteiger partial charge in [0.2, 0.25) is 0 Å². The molecule has 1 aromatic carbocycles. The molecule has 0 spiro atoms. The van der Waals surface area contributed by atoms with E-state index in [0.717, 1.165) is 46.1 Å².